The Morgan fingerprint density at radius 1 is 1.06 bits per heavy atom. The second-order valence-corrected chi connectivity index (χ2v) is 6.03. The zero-order chi connectivity index (χ0) is 12.3. The fourth-order valence-corrected chi connectivity index (χ4v) is 3.76. The Morgan fingerprint density at radius 2 is 1.71 bits per heavy atom. The molecule has 0 spiro atoms. The Bertz CT molecular complexity index is 269. The van der Waals surface area contributed by atoms with Crippen LogP contribution in [0.4, 0.5) is 0 Å². The summed E-state index contributed by atoms with van der Waals surface area (Å²) in [4.78, 5) is 0. The lowest BCUT2D eigenvalue weighted by molar-refractivity contribution is 0.0796. The monoisotopic (exact) mass is 236 g/mol. The van der Waals surface area contributed by atoms with E-state index in [0.717, 1.165) is 11.8 Å². The zero-order valence-corrected chi connectivity index (χ0v) is 11.8. The van der Waals surface area contributed by atoms with Gasteiger partial charge in [0.15, 0.2) is 0 Å². The number of hydrogen-bond donors (Lipinski definition) is 0. The van der Waals surface area contributed by atoms with Crippen molar-refractivity contribution in [3.8, 4) is 0 Å². The fraction of sp³-hybridized carbons (Fsp3) is 0.875. The van der Waals surface area contributed by atoms with Crippen LogP contribution in [0.2, 0.25) is 0 Å². The molecule has 98 valence electrons. The molecule has 2 aliphatic carbocycles. The number of rotatable bonds is 2. The van der Waals surface area contributed by atoms with Crippen molar-refractivity contribution in [3.63, 3.8) is 0 Å². The van der Waals surface area contributed by atoms with Crippen molar-refractivity contribution in [2.45, 2.75) is 71.3 Å². The van der Waals surface area contributed by atoms with Gasteiger partial charge in [0.2, 0.25) is 0 Å². The molecule has 1 heteroatoms. The minimum atomic E-state index is 0.531. The second kappa shape index (κ2) is 6.04. The van der Waals surface area contributed by atoms with Crippen LogP contribution in [-0.4, -0.2) is 13.2 Å². The van der Waals surface area contributed by atoms with Crippen molar-refractivity contribution in [2.24, 2.45) is 11.8 Å². The van der Waals surface area contributed by atoms with Crippen LogP contribution in [0.3, 0.4) is 0 Å². The Kier molecular flexibility index (Phi) is 4.67. The summed E-state index contributed by atoms with van der Waals surface area (Å²) in [5, 5.41) is 0. The smallest absolute Gasteiger partial charge is 0.0577 e. The van der Waals surface area contributed by atoms with Crippen LogP contribution in [0, 0.1) is 11.8 Å². The molecule has 0 heterocycles. The van der Waals surface area contributed by atoms with E-state index in [1.54, 1.807) is 5.57 Å². The summed E-state index contributed by atoms with van der Waals surface area (Å²) >= 11 is 0. The quantitative estimate of drug-likeness (QED) is 0.630. The van der Waals surface area contributed by atoms with Gasteiger partial charge in [0.05, 0.1) is 6.10 Å². The van der Waals surface area contributed by atoms with Gasteiger partial charge in [-0.3, -0.25) is 0 Å². The lowest BCUT2D eigenvalue weighted by Crippen LogP contribution is -2.21. The minimum absolute atomic E-state index is 0.531. The van der Waals surface area contributed by atoms with Gasteiger partial charge in [-0.2, -0.15) is 0 Å². The van der Waals surface area contributed by atoms with E-state index in [0.29, 0.717) is 6.10 Å². The first kappa shape index (κ1) is 13.1. The molecular weight excluding hydrogens is 208 g/mol. The molecular formula is C16H28O. The third kappa shape index (κ3) is 3.13. The van der Waals surface area contributed by atoms with Crippen LogP contribution in [0.15, 0.2) is 11.1 Å². The van der Waals surface area contributed by atoms with E-state index in [9.17, 15) is 0 Å². The molecule has 2 rings (SSSR count). The molecule has 17 heavy (non-hydrogen) atoms. The lowest BCUT2D eigenvalue weighted by atomic mass is 9.73. The van der Waals surface area contributed by atoms with Crippen LogP contribution in [0.5, 0.6) is 0 Å². The highest BCUT2D eigenvalue weighted by molar-refractivity contribution is 5.19. The van der Waals surface area contributed by atoms with Crippen molar-refractivity contribution in [3.05, 3.63) is 11.1 Å². The normalized spacial score (nSPS) is 35.1. The van der Waals surface area contributed by atoms with Crippen molar-refractivity contribution < 1.29 is 4.74 Å². The molecule has 0 radical (unpaired) electrons. The van der Waals surface area contributed by atoms with Crippen LogP contribution in [-0.2, 0) is 4.74 Å². The van der Waals surface area contributed by atoms with E-state index in [1.807, 2.05) is 12.7 Å². The van der Waals surface area contributed by atoms with Gasteiger partial charge in [-0.15, -0.1) is 0 Å². The third-order valence-electron chi connectivity index (χ3n) is 5.08. The van der Waals surface area contributed by atoms with Gasteiger partial charge < -0.3 is 4.74 Å². The first-order valence-electron chi connectivity index (χ1n) is 7.47. The van der Waals surface area contributed by atoms with Gasteiger partial charge in [0.25, 0.3) is 0 Å². The van der Waals surface area contributed by atoms with E-state index in [-0.39, 0.29) is 0 Å². The Morgan fingerprint density at radius 3 is 2.24 bits per heavy atom. The van der Waals surface area contributed by atoms with Crippen molar-refractivity contribution in [2.75, 3.05) is 7.11 Å². The average molecular weight is 236 g/mol. The minimum Gasteiger partial charge on any atom is -0.381 e. The number of ether oxygens (including phenoxy) is 1. The highest BCUT2D eigenvalue weighted by Crippen LogP contribution is 2.39. The summed E-state index contributed by atoms with van der Waals surface area (Å²) in [5.41, 5.74) is 3.61. The molecule has 2 aliphatic rings. The van der Waals surface area contributed by atoms with Gasteiger partial charge in [0, 0.05) is 7.11 Å². The maximum atomic E-state index is 5.46. The van der Waals surface area contributed by atoms with E-state index in [1.165, 1.54) is 51.4 Å². The Balaban J connectivity index is 1.94. The number of hydrogen-bond acceptors (Lipinski definition) is 1. The molecule has 2 unspecified atom stereocenters. The van der Waals surface area contributed by atoms with E-state index in [4.69, 9.17) is 4.74 Å². The first-order chi connectivity index (χ1) is 8.24. The third-order valence-corrected chi connectivity index (χ3v) is 5.08. The van der Waals surface area contributed by atoms with E-state index in [2.05, 4.69) is 13.8 Å². The van der Waals surface area contributed by atoms with Crippen LogP contribution >= 0.6 is 0 Å². The average Bonchev–Trinajstić information content (AvgIpc) is 2.39. The Labute approximate surface area is 107 Å². The molecule has 0 amide bonds. The highest BCUT2D eigenvalue weighted by Gasteiger charge is 2.26. The van der Waals surface area contributed by atoms with Gasteiger partial charge in [-0.05, 0) is 56.8 Å². The Hall–Kier alpha value is -0.300. The summed E-state index contributed by atoms with van der Waals surface area (Å²) in [5.74, 6) is 1.89. The van der Waals surface area contributed by atoms with Crippen molar-refractivity contribution in [1.29, 1.82) is 0 Å². The van der Waals surface area contributed by atoms with Crippen LogP contribution in [0.25, 0.3) is 0 Å². The standard InChI is InChI=1S/C16H28O/c1-4-13-5-6-15(11-12(13)2)14-7-9-16(17-3)10-8-14/h12-13,16H,4-11H2,1-3H3. The molecule has 2 atom stereocenters. The van der Waals surface area contributed by atoms with Gasteiger partial charge >= 0.3 is 0 Å². The predicted molar refractivity (Wildman–Crippen MR) is 73.1 cm³/mol. The summed E-state index contributed by atoms with van der Waals surface area (Å²) in [6.07, 6.45) is 11.2. The SMILES string of the molecule is CCC1CCC(=C2CCC(OC)CC2)CC1C. The topological polar surface area (TPSA) is 9.23 Å². The molecule has 0 bridgehead atoms. The van der Waals surface area contributed by atoms with Gasteiger partial charge in [0.1, 0.15) is 0 Å². The molecule has 0 N–H and O–H groups in total. The molecule has 2 fully saturated rings. The number of methoxy groups -OCH3 is 1. The molecule has 0 aromatic rings. The zero-order valence-electron chi connectivity index (χ0n) is 11.8. The first-order valence-corrected chi connectivity index (χ1v) is 7.47. The second-order valence-electron chi connectivity index (χ2n) is 6.03. The molecule has 0 saturated heterocycles. The molecule has 0 aromatic carbocycles. The summed E-state index contributed by atoms with van der Waals surface area (Å²) < 4.78 is 5.46. The fourth-order valence-electron chi connectivity index (χ4n) is 3.76. The van der Waals surface area contributed by atoms with Crippen LogP contribution < -0.4 is 0 Å². The predicted octanol–water partition coefficient (Wildman–Crippen LogP) is 4.72. The number of allylic oxidation sites excluding steroid dienone is 2. The molecule has 0 aromatic heterocycles. The van der Waals surface area contributed by atoms with E-state index >= 15 is 0 Å². The van der Waals surface area contributed by atoms with Crippen LogP contribution in [0.1, 0.15) is 65.2 Å². The van der Waals surface area contributed by atoms with Gasteiger partial charge in [-0.1, -0.05) is 31.4 Å². The summed E-state index contributed by atoms with van der Waals surface area (Å²) in [6, 6.07) is 0. The summed E-state index contributed by atoms with van der Waals surface area (Å²) in [7, 11) is 1.86. The maximum Gasteiger partial charge on any atom is 0.0577 e. The summed E-state index contributed by atoms with van der Waals surface area (Å²) in [6.45, 7) is 4.80. The maximum absolute atomic E-state index is 5.46. The largest absolute Gasteiger partial charge is 0.381 e. The van der Waals surface area contributed by atoms with E-state index < -0.39 is 0 Å². The molecule has 0 aliphatic heterocycles. The van der Waals surface area contributed by atoms with Gasteiger partial charge in [-0.25, -0.2) is 0 Å². The molecule has 1 nitrogen and oxygen atoms in total. The highest BCUT2D eigenvalue weighted by atomic mass is 16.5. The molecule has 2 saturated carbocycles. The van der Waals surface area contributed by atoms with Crippen molar-refractivity contribution in [1.82, 2.24) is 0 Å². The van der Waals surface area contributed by atoms with Crippen molar-refractivity contribution >= 4 is 0 Å². The lowest BCUT2D eigenvalue weighted by Gasteiger charge is -2.33.